The maximum atomic E-state index is 13.6. The van der Waals surface area contributed by atoms with Gasteiger partial charge in [0.2, 0.25) is 0 Å². The molecule has 0 amide bonds. The Labute approximate surface area is 163 Å². The number of hydrogen-bond donors (Lipinski definition) is 2. The van der Waals surface area contributed by atoms with E-state index in [1.807, 2.05) is 20.8 Å². The molecule has 0 aromatic carbocycles. The van der Waals surface area contributed by atoms with Crippen molar-refractivity contribution in [2.75, 3.05) is 0 Å². The Balaban J connectivity index is 2.25. The lowest BCUT2D eigenvalue weighted by molar-refractivity contribution is -0.362. The summed E-state index contributed by atoms with van der Waals surface area (Å²) in [6.45, 7) is 15.3. The maximum absolute atomic E-state index is 13.6. The Kier molecular flexibility index (Phi) is 4.66. The standard InChI is InChI=1S/C22H36O5/c1-8-19(5)12-16(24)22(25)20(6)15(23)10-9-11-18(20,4)13-17(26-14(2)3)21(22,7)27-19/h15,17,23,25H,2,8-13H2,1,3-7H3. The van der Waals surface area contributed by atoms with E-state index in [4.69, 9.17) is 9.47 Å². The predicted molar refractivity (Wildman–Crippen MR) is 103 cm³/mol. The van der Waals surface area contributed by atoms with E-state index in [0.717, 1.165) is 12.8 Å². The van der Waals surface area contributed by atoms with Crippen LogP contribution in [0, 0.1) is 10.8 Å². The van der Waals surface area contributed by atoms with E-state index in [9.17, 15) is 15.0 Å². The van der Waals surface area contributed by atoms with Crippen LogP contribution in [0.2, 0.25) is 0 Å². The summed E-state index contributed by atoms with van der Waals surface area (Å²) < 4.78 is 12.7. The average molecular weight is 381 g/mol. The molecule has 5 nitrogen and oxygen atoms in total. The summed E-state index contributed by atoms with van der Waals surface area (Å²) in [5, 5.41) is 23.3. The molecule has 3 rings (SSSR count). The highest BCUT2D eigenvalue weighted by atomic mass is 16.6. The topological polar surface area (TPSA) is 76.0 Å². The number of ketones is 1. The Morgan fingerprint density at radius 2 is 1.96 bits per heavy atom. The van der Waals surface area contributed by atoms with Crippen LogP contribution < -0.4 is 0 Å². The third-order valence-corrected chi connectivity index (χ3v) is 8.33. The van der Waals surface area contributed by atoms with Gasteiger partial charge in [-0.3, -0.25) is 4.79 Å². The van der Waals surface area contributed by atoms with Crippen LogP contribution in [0.3, 0.4) is 0 Å². The summed E-state index contributed by atoms with van der Waals surface area (Å²) in [5.74, 6) is 0.289. The van der Waals surface area contributed by atoms with E-state index in [1.165, 1.54) is 0 Å². The molecule has 27 heavy (non-hydrogen) atoms. The smallest absolute Gasteiger partial charge is 0.171 e. The minimum atomic E-state index is -1.83. The van der Waals surface area contributed by atoms with Gasteiger partial charge in [-0.25, -0.2) is 0 Å². The quantitative estimate of drug-likeness (QED) is 0.733. The molecule has 0 spiro atoms. The molecule has 5 heteroatoms. The number of carbonyl (C=O) groups excluding carboxylic acids is 1. The lowest BCUT2D eigenvalue weighted by Gasteiger charge is -2.71. The molecule has 0 bridgehead atoms. The van der Waals surface area contributed by atoms with Crippen LogP contribution in [-0.4, -0.2) is 45.0 Å². The zero-order valence-corrected chi connectivity index (χ0v) is 17.7. The van der Waals surface area contributed by atoms with Gasteiger partial charge in [0.1, 0.15) is 11.7 Å². The van der Waals surface area contributed by atoms with Gasteiger partial charge in [-0.05, 0) is 51.9 Å². The normalized spacial score (nSPS) is 52.7. The molecule has 3 fully saturated rings. The van der Waals surface area contributed by atoms with Gasteiger partial charge in [0.15, 0.2) is 11.4 Å². The van der Waals surface area contributed by atoms with Crippen LogP contribution in [0.15, 0.2) is 12.3 Å². The van der Waals surface area contributed by atoms with E-state index in [1.54, 1.807) is 13.8 Å². The minimum absolute atomic E-state index is 0.133. The first-order valence-electron chi connectivity index (χ1n) is 10.3. The van der Waals surface area contributed by atoms with E-state index >= 15 is 0 Å². The lowest BCUT2D eigenvalue weighted by atomic mass is 9.39. The van der Waals surface area contributed by atoms with Crippen molar-refractivity contribution in [2.24, 2.45) is 10.8 Å². The molecule has 2 N–H and O–H groups in total. The number of aliphatic hydroxyl groups is 2. The van der Waals surface area contributed by atoms with Crippen LogP contribution >= 0.6 is 0 Å². The molecule has 3 aliphatic rings. The maximum Gasteiger partial charge on any atom is 0.171 e. The van der Waals surface area contributed by atoms with Gasteiger partial charge in [0, 0.05) is 11.8 Å². The van der Waals surface area contributed by atoms with Gasteiger partial charge in [-0.15, -0.1) is 0 Å². The summed E-state index contributed by atoms with van der Waals surface area (Å²) in [7, 11) is 0. The van der Waals surface area contributed by atoms with Crippen LogP contribution in [-0.2, 0) is 14.3 Å². The highest BCUT2D eigenvalue weighted by Gasteiger charge is 2.79. The summed E-state index contributed by atoms with van der Waals surface area (Å²) in [4.78, 5) is 13.6. The molecule has 0 aromatic heterocycles. The first-order chi connectivity index (χ1) is 12.3. The van der Waals surface area contributed by atoms with E-state index in [2.05, 4.69) is 13.5 Å². The highest BCUT2D eigenvalue weighted by molar-refractivity contribution is 5.92. The molecule has 0 radical (unpaired) electrons. The van der Waals surface area contributed by atoms with Crippen LogP contribution in [0.4, 0.5) is 0 Å². The van der Waals surface area contributed by atoms with Crippen molar-refractivity contribution in [3.8, 4) is 0 Å². The average Bonchev–Trinajstić information content (AvgIpc) is 2.55. The van der Waals surface area contributed by atoms with Crippen LogP contribution in [0.5, 0.6) is 0 Å². The molecule has 2 aliphatic carbocycles. The predicted octanol–water partition coefficient (Wildman–Crippen LogP) is 3.51. The Hall–Kier alpha value is -0.910. The summed E-state index contributed by atoms with van der Waals surface area (Å²) in [6.07, 6.45) is 2.36. The number of carbonyl (C=O) groups is 1. The molecule has 0 aromatic rings. The Morgan fingerprint density at radius 3 is 2.52 bits per heavy atom. The molecular formula is C22H36O5. The van der Waals surface area contributed by atoms with Crippen LogP contribution in [0.1, 0.15) is 80.1 Å². The highest BCUT2D eigenvalue weighted by Crippen LogP contribution is 2.68. The lowest BCUT2D eigenvalue weighted by Crippen LogP contribution is -2.84. The second kappa shape index (κ2) is 6.04. The van der Waals surface area contributed by atoms with Crippen molar-refractivity contribution in [1.82, 2.24) is 0 Å². The third-order valence-electron chi connectivity index (χ3n) is 8.33. The Bertz CT molecular complexity index is 661. The first kappa shape index (κ1) is 20.8. The van der Waals surface area contributed by atoms with Gasteiger partial charge in [-0.2, -0.15) is 0 Å². The molecule has 7 unspecified atom stereocenters. The van der Waals surface area contributed by atoms with Crippen molar-refractivity contribution in [1.29, 1.82) is 0 Å². The van der Waals surface area contributed by atoms with Gasteiger partial charge in [0.25, 0.3) is 0 Å². The van der Waals surface area contributed by atoms with Gasteiger partial charge < -0.3 is 19.7 Å². The number of Topliss-reactive ketones (excluding diaryl/α,β-unsaturated/α-hetero) is 1. The third kappa shape index (κ3) is 2.44. The van der Waals surface area contributed by atoms with E-state index < -0.39 is 39.8 Å². The zero-order valence-electron chi connectivity index (χ0n) is 17.7. The van der Waals surface area contributed by atoms with Gasteiger partial charge in [-0.1, -0.05) is 33.8 Å². The fourth-order valence-corrected chi connectivity index (χ4v) is 6.30. The van der Waals surface area contributed by atoms with Crippen molar-refractivity contribution >= 4 is 5.78 Å². The fourth-order valence-electron chi connectivity index (χ4n) is 6.30. The number of ether oxygens (including phenoxy) is 2. The van der Waals surface area contributed by atoms with Gasteiger partial charge in [0.05, 0.1) is 17.5 Å². The molecule has 1 aliphatic heterocycles. The van der Waals surface area contributed by atoms with E-state index in [0.29, 0.717) is 25.0 Å². The van der Waals surface area contributed by atoms with Crippen molar-refractivity contribution in [2.45, 2.75) is 109 Å². The number of aliphatic hydroxyl groups excluding tert-OH is 1. The molecule has 1 saturated heterocycles. The Morgan fingerprint density at radius 1 is 1.33 bits per heavy atom. The molecule has 1 heterocycles. The first-order valence-corrected chi connectivity index (χ1v) is 10.3. The number of allylic oxidation sites excluding steroid dienone is 1. The second-order valence-corrected chi connectivity index (χ2v) is 10.0. The van der Waals surface area contributed by atoms with Crippen molar-refractivity contribution in [3.05, 3.63) is 12.3 Å². The van der Waals surface area contributed by atoms with Crippen molar-refractivity contribution in [3.63, 3.8) is 0 Å². The molecule has 7 atom stereocenters. The van der Waals surface area contributed by atoms with Crippen molar-refractivity contribution < 1.29 is 24.5 Å². The SMILES string of the molecule is C=C(C)OC1CC2(C)CCCC(O)C2(C)C2(O)C(=O)CC(C)(CC)OC12C. The summed E-state index contributed by atoms with van der Waals surface area (Å²) in [5.41, 5.74) is -5.22. The van der Waals surface area contributed by atoms with Crippen LogP contribution in [0.25, 0.3) is 0 Å². The number of rotatable bonds is 3. The molecule has 154 valence electrons. The second-order valence-electron chi connectivity index (χ2n) is 10.0. The summed E-state index contributed by atoms with van der Waals surface area (Å²) >= 11 is 0. The molecule has 2 saturated carbocycles. The fraction of sp³-hybridized carbons (Fsp3) is 0.864. The zero-order chi connectivity index (χ0) is 20.5. The van der Waals surface area contributed by atoms with E-state index in [-0.39, 0.29) is 12.2 Å². The summed E-state index contributed by atoms with van der Waals surface area (Å²) in [6, 6.07) is 0. The minimum Gasteiger partial charge on any atom is -0.493 e. The molecular weight excluding hydrogens is 344 g/mol. The largest absolute Gasteiger partial charge is 0.493 e. The number of hydrogen-bond acceptors (Lipinski definition) is 5. The van der Waals surface area contributed by atoms with Gasteiger partial charge >= 0.3 is 0 Å². The monoisotopic (exact) mass is 380 g/mol. The number of fused-ring (bicyclic) bond motifs is 3.